The van der Waals surface area contributed by atoms with Crippen LogP contribution in [0.2, 0.25) is 0 Å². The molecule has 0 radical (unpaired) electrons. The average molecular weight is 300 g/mol. The van der Waals surface area contributed by atoms with E-state index < -0.39 is 0 Å². The zero-order valence-corrected chi connectivity index (χ0v) is 14.9. The van der Waals surface area contributed by atoms with Crippen molar-refractivity contribution in [3.8, 4) is 11.5 Å². The molecule has 1 aliphatic rings. The molecule has 0 spiro atoms. The first-order valence-corrected chi connectivity index (χ1v) is 7.86. The molecule has 0 aromatic heterocycles. The molecule has 2 heteroatoms. The van der Waals surface area contributed by atoms with E-state index in [4.69, 9.17) is 9.47 Å². The molecule has 0 atom stereocenters. The summed E-state index contributed by atoms with van der Waals surface area (Å²) in [6.07, 6.45) is 7.72. The van der Waals surface area contributed by atoms with E-state index in [-0.39, 0.29) is 10.8 Å². The molecule has 2 nitrogen and oxygen atoms in total. The summed E-state index contributed by atoms with van der Waals surface area (Å²) in [7, 11) is 3.48. The highest BCUT2D eigenvalue weighted by Gasteiger charge is 2.32. The van der Waals surface area contributed by atoms with Crippen LogP contribution in [0.4, 0.5) is 0 Å². The SMILES string of the molecule is COc1cc(C(C)(C)C)c(OC)c(C(C)(C)C2=CCC=C2)c1. The predicted octanol–water partition coefficient (Wildman–Crippen LogP) is 5.17. The number of hydrogen-bond acceptors (Lipinski definition) is 2. The van der Waals surface area contributed by atoms with Gasteiger partial charge >= 0.3 is 0 Å². The van der Waals surface area contributed by atoms with Crippen LogP contribution >= 0.6 is 0 Å². The highest BCUT2D eigenvalue weighted by atomic mass is 16.5. The van der Waals surface area contributed by atoms with Crippen molar-refractivity contribution < 1.29 is 9.47 Å². The second-order valence-electron chi connectivity index (χ2n) is 7.43. The molecular formula is C20H28O2. The third kappa shape index (κ3) is 2.92. The third-order valence-electron chi connectivity index (χ3n) is 4.48. The number of ether oxygens (including phenoxy) is 2. The number of hydrogen-bond donors (Lipinski definition) is 0. The Morgan fingerprint density at radius 1 is 0.909 bits per heavy atom. The molecule has 2 rings (SSSR count). The molecule has 1 aromatic rings. The molecule has 0 aliphatic heterocycles. The minimum absolute atomic E-state index is 0.00932. The van der Waals surface area contributed by atoms with Crippen molar-refractivity contribution in [1.82, 2.24) is 0 Å². The predicted molar refractivity (Wildman–Crippen MR) is 93.1 cm³/mol. The Labute approximate surface area is 134 Å². The van der Waals surface area contributed by atoms with Crippen molar-refractivity contribution in [2.24, 2.45) is 0 Å². The van der Waals surface area contributed by atoms with Crippen molar-refractivity contribution in [2.45, 2.75) is 51.9 Å². The average Bonchev–Trinajstić information content (AvgIpc) is 2.99. The van der Waals surface area contributed by atoms with Crippen LogP contribution in [0, 0.1) is 0 Å². The summed E-state index contributed by atoms with van der Waals surface area (Å²) in [4.78, 5) is 0. The van der Waals surface area contributed by atoms with E-state index in [2.05, 4.69) is 65.0 Å². The monoisotopic (exact) mass is 300 g/mol. The van der Waals surface area contributed by atoms with E-state index >= 15 is 0 Å². The van der Waals surface area contributed by atoms with Crippen molar-refractivity contribution in [3.05, 3.63) is 47.1 Å². The van der Waals surface area contributed by atoms with Gasteiger partial charge in [0.1, 0.15) is 11.5 Å². The van der Waals surface area contributed by atoms with Gasteiger partial charge in [0.15, 0.2) is 0 Å². The van der Waals surface area contributed by atoms with Crippen LogP contribution in [0.5, 0.6) is 11.5 Å². The van der Waals surface area contributed by atoms with E-state index in [1.165, 1.54) is 16.7 Å². The van der Waals surface area contributed by atoms with E-state index in [9.17, 15) is 0 Å². The molecule has 0 fully saturated rings. The van der Waals surface area contributed by atoms with Gasteiger partial charge in [0.05, 0.1) is 14.2 Å². The van der Waals surface area contributed by atoms with Crippen LogP contribution in [0.3, 0.4) is 0 Å². The van der Waals surface area contributed by atoms with Gasteiger partial charge in [-0.2, -0.15) is 0 Å². The topological polar surface area (TPSA) is 18.5 Å². The molecule has 0 saturated carbocycles. The molecule has 1 aromatic carbocycles. The maximum atomic E-state index is 5.84. The maximum absolute atomic E-state index is 5.84. The largest absolute Gasteiger partial charge is 0.497 e. The summed E-state index contributed by atoms with van der Waals surface area (Å²) in [5.41, 5.74) is 3.56. The van der Waals surface area contributed by atoms with Gasteiger partial charge < -0.3 is 9.47 Å². The summed E-state index contributed by atoms with van der Waals surface area (Å²) >= 11 is 0. The van der Waals surface area contributed by atoms with Crippen LogP contribution < -0.4 is 9.47 Å². The molecular weight excluding hydrogens is 272 g/mol. The molecule has 22 heavy (non-hydrogen) atoms. The van der Waals surface area contributed by atoms with E-state index in [0.717, 1.165) is 17.9 Å². The van der Waals surface area contributed by atoms with Gasteiger partial charge in [-0.3, -0.25) is 0 Å². The first-order chi connectivity index (χ1) is 10.2. The Kier molecular flexibility index (Phi) is 4.42. The third-order valence-corrected chi connectivity index (χ3v) is 4.48. The van der Waals surface area contributed by atoms with Gasteiger partial charge in [0, 0.05) is 16.5 Å². The quantitative estimate of drug-likeness (QED) is 0.764. The van der Waals surface area contributed by atoms with Gasteiger partial charge in [-0.05, 0) is 29.5 Å². The van der Waals surface area contributed by atoms with Crippen LogP contribution in [-0.4, -0.2) is 14.2 Å². The number of allylic oxidation sites excluding steroid dienone is 4. The van der Waals surface area contributed by atoms with E-state index in [1.807, 2.05) is 0 Å². The smallest absolute Gasteiger partial charge is 0.126 e. The summed E-state index contributed by atoms with van der Waals surface area (Å²) in [5, 5.41) is 0. The van der Waals surface area contributed by atoms with Crippen LogP contribution in [0.15, 0.2) is 35.9 Å². The van der Waals surface area contributed by atoms with Gasteiger partial charge in [-0.25, -0.2) is 0 Å². The Morgan fingerprint density at radius 2 is 1.55 bits per heavy atom. The number of methoxy groups -OCH3 is 2. The Morgan fingerprint density at radius 3 is 2.00 bits per heavy atom. The first-order valence-electron chi connectivity index (χ1n) is 7.86. The normalized spacial score (nSPS) is 15.0. The zero-order chi connectivity index (χ0) is 16.5. The van der Waals surface area contributed by atoms with Gasteiger partial charge in [-0.1, -0.05) is 52.8 Å². The molecule has 0 unspecified atom stereocenters. The van der Waals surface area contributed by atoms with Crippen molar-refractivity contribution >= 4 is 0 Å². The molecule has 0 saturated heterocycles. The second-order valence-corrected chi connectivity index (χ2v) is 7.43. The minimum Gasteiger partial charge on any atom is -0.497 e. The van der Waals surface area contributed by atoms with E-state index in [0.29, 0.717) is 0 Å². The number of rotatable bonds is 4. The van der Waals surface area contributed by atoms with Gasteiger partial charge in [-0.15, -0.1) is 0 Å². The fourth-order valence-electron chi connectivity index (χ4n) is 3.04. The molecule has 0 N–H and O–H groups in total. The van der Waals surface area contributed by atoms with E-state index in [1.54, 1.807) is 14.2 Å². The molecule has 0 bridgehead atoms. The molecule has 120 valence electrons. The lowest BCUT2D eigenvalue weighted by Crippen LogP contribution is -2.23. The summed E-state index contributed by atoms with van der Waals surface area (Å²) < 4.78 is 11.4. The lowest BCUT2D eigenvalue weighted by Gasteiger charge is -2.32. The fraction of sp³-hybridized carbons (Fsp3) is 0.500. The minimum atomic E-state index is -0.118. The van der Waals surface area contributed by atoms with Crippen LogP contribution in [0.25, 0.3) is 0 Å². The Balaban J connectivity index is 2.71. The van der Waals surface area contributed by atoms with Crippen molar-refractivity contribution in [1.29, 1.82) is 0 Å². The summed E-state index contributed by atoms with van der Waals surface area (Å²) in [6, 6.07) is 4.21. The molecule has 1 aliphatic carbocycles. The van der Waals surface area contributed by atoms with Crippen LogP contribution in [0.1, 0.15) is 52.2 Å². The summed E-state index contributed by atoms with van der Waals surface area (Å²) in [6.45, 7) is 11.1. The molecule has 0 amide bonds. The second kappa shape index (κ2) is 5.83. The highest BCUT2D eigenvalue weighted by molar-refractivity contribution is 5.57. The lowest BCUT2D eigenvalue weighted by atomic mass is 9.74. The fourth-order valence-corrected chi connectivity index (χ4v) is 3.04. The first kappa shape index (κ1) is 16.7. The van der Waals surface area contributed by atoms with Gasteiger partial charge in [0.25, 0.3) is 0 Å². The Bertz CT molecular complexity index is 613. The Hall–Kier alpha value is -1.70. The van der Waals surface area contributed by atoms with Gasteiger partial charge in [0.2, 0.25) is 0 Å². The maximum Gasteiger partial charge on any atom is 0.126 e. The summed E-state index contributed by atoms with van der Waals surface area (Å²) in [5.74, 6) is 1.86. The highest BCUT2D eigenvalue weighted by Crippen LogP contribution is 2.45. The standard InChI is InChI=1S/C20H28O2/c1-19(2,3)16-12-15(21-6)13-17(18(16)22-7)20(4,5)14-10-8-9-11-14/h8,10-13H,9H2,1-7H3. The molecule has 0 heterocycles. The van der Waals surface area contributed by atoms with Crippen molar-refractivity contribution in [3.63, 3.8) is 0 Å². The lowest BCUT2D eigenvalue weighted by molar-refractivity contribution is 0.375. The number of benzene rings is 1. The van der Waals surface area contributed by atoms with Crippen molar-refractivity contribution in [2.75, 3.05) is 14.2 Å². The zero-order valence-electron chi connectivity index (χ0n) is 14.9. The van der Waals surface area contributed by atoms with Crippen LogP contribution in [-0.2, 0) is 10.8 Å².